The summed E-state index contributed by atoms with van der Waals surface area (Å²) in [6.07, 6.45) is 0. The van der Waals surface area contributed by atoms with E-state index in [1.807, 2.05) is 6.92 Å². The molecule has 1 aliphatic heterocycles. The van der Waals surface area contributed by atoms with Crippen molar-refractivity contribution in [3.8, 4) is 0 Å². The Morgan fingerprint density at radius 1 is 1.52 bits per heavy atom. The summed E-state index contributed by atoms with van der Waals surface area (Å²) in [4.78, 5) is 11.8. The van der Waals surface area contributed by atoms with Crippen LogP contribution in [0.5, 0.6) is 0 Å². The van der Waals surface area contributed by atoms with Crippen LogP contribution >= 0.6 is 15.9 Å². The molecule has 116 valence electrons. The number of anilines is 1. The third-order valence-electron chi connectivity index (χ3n) is 3.09. The van der Waals surface area contributed by atoms with Crippen LogP contribution in [0.3, 0.4) is 0 Å². The third-order valence-corrected chi connectivity index (χ3v) is 4.66. The molecule has 1 aliphatic rings. The van der Waals surface area contributed by atoms with E-state index >= 15 is 0 Å². The summed E-state index contributed by atoms with van der Waals surface area (Å²) >= 11 is 3.20. The molecule has 1 amide bonds. The van der Waals surface area contributed by atoms with Gasteiger partial charge in [0.15, 0.2) is 0 Å². The topological polar surface area (TPSA) is 111 Å². The molecule has 1 heterocycles. The van der Waals surface area contributed by atoms with Crippen molar-refractivity contribution in [2.75, 3.05) is 25.0 Å². The second-order valence-electron chi connectivity index (χ2n) is 5.08. The summed E-state index contributed by atoms with van der Waals surface area (Å²) in [7, 11) is -3.77. The number of hydrogen-bond donors (Lipinski definition) is 3. The van der Waals surface area contributed by atoms with Crippen molar-refractivity contribution in [1.29, 1.82) is 0 Å². The molecule has 0 spiro atoms. The Bertz CT molecular complexity index is 658. The average molecular weight is 378 g/mol. The number of carbonyl (C=O) groups excluding carboxylic acids is 1. The molecule has 9 heteroatoms. The first-order valence-corrected chi connectivity index (χ1v) is 8.50. The van der Waals surface area contributed by atoms with E-state index in [0.29, 0.717) is 23.2 Å². The van der Waals surface area contributed by atoms with E-state index in [1.165, 1.54) is 18.2 Å². The molecule has 0 bridgehead atoms. The van der Waals surface area contributed by atoms with Gasteiger partial charge in [0, 0.05) is 17.6 Å². The van der Waals surface area contributed by atoms with Crippen LogP contribution in [0, 0.1) is 0 Å². The second-order valence-corrected chi connectivity index (χ2v) is 7.49. The average Bonchev–Trinajstić information content (AvgIpc) is 2.35. The van der Waals surface area contributed by atoms with Crippen molar-refractivity contribution in [1.82, 2.24) is 5.32 Å². The molecule has 21 heavy (non-hydrogen) atoms. The van der Waals surface area contributed by atoms with Gasteiger partial charge in [-0.1, -0.05) is 0 Å². The number of hydrogen-bond acceptors (Lipinski definition) is 5. The van der Waals surface area contributed by atoms with Crippen LogP contribution in [-0.2, 0) is 19.6 Å². The van der Waals surface area contributed by atoms with E-state index < -0.39 is 10.0 Å². The van der Waals surface area contributed by atoms with Gasteiger partial charge < -0.3 is 15.4 Å². The quantitative estimate of drug-likeness (QED) is 0.688. The Kier molecular flexibility index (Phi) is 4.69. The zero-order valence-electron chi connectivity index (χ0n) is 11.3. The Morgan fingerprint density at radius 2 is 2.19 bits per heavy atom. The van der Waals surface area contributed by atoms with Crippen LogP contribution in [0.25, 0.3) is 0 Å². The van der Waals surface area contributed by atoms with Crippen LogP contribution in [0.1, 0.15) is 6.92 Å². The first-order chi connectivity index (χ1) is 9.70. The van der Waals surface area contributed by atoms with E-state index in [-0.39, 0.29) is 23.0 Å². The maximum absolute atomic E-state index is 11.8. The number of benzene rings is 1. The van der Waals surface area contributed by atoms with Gasteiger partial charge in [-0.05, 0) is 41.1 Å². The molecular weight excluding hydrogens is 362 g/mol. The molecule has 2 rings (SSSR count). The van der Waals surface area contributed by atoms with Gasteiger partial charge in [0.1, 0.15) is 6.61 Å². The fourth-order valence-corrected chi connectivity index (χ4v) is 2.95. The fourth-order valence-electron chi connectivity index (χ4n) is 1.78. The summed E-state index contributed by atoms with van der Waals surface area (Å²) in [5, 5.41) is 10.7. The van der Waals surface area contributed by atoms with Crippen molar-refractivity contribution in [3.63, 3.8) is 0 Å². The largest absolute Gasteiger partial charge is 0.363 e. The van der Waals surface area contributed by atoms with E-state index in [0.717, 1.165) is 0 Å². The number of ether oxygens (including phenoxy) is 1. The summed E-state index contributed by atoms with van der Waals surface area (Å²) in [6, 6.07) is 4.13. The Hall–Kier alpha value is -1.00. The molecule has 1 saturated heterocycles. The monoisotopic (exact) mass is 377 g/mol. The lowest BCUT2D eigenvalue weighted by molar-refractivity contribution is -0.130. The minimum absolute atomic E-state index is 0.0309. The highest BCUT2D eigenvalue weighted by molar-refractivity contribution is 9.10. The first kappa shape index (κ1) is 16.4. The van der Waals surface area contributed by atoms with Gasteiger partial charge in [-0.15, -0.1) is 0 Å². The van der Waals surface area contributed by atoms with E-state index in [9.17, 15) is 13.2 Å². The van der Waals surface area contributed by atoms with Crippen molar-refractivity contribution in [2.24, 2.45) is 5.14 Å². The van der Waals surface area contributed by atoms with Gasteiger partial charge in [-0.2, -0.15) is 0 Å². The van der Waals surface area contributed by atoms with Crippen LogP contribution in [0.2, 0.25) is 0 Å². The van der Waals surface area contributed by atoms with E-state index in [2.05, 4.69) is 26.6 Å². The highest BCUT2D eigenvalue weighted by Crippen LogP contribution is 2.25. The molecule has 0 atom stereocenters. The molecule has 0 saturated carbocycles. The maximum atomic E-state index is 11.8. The Balaban J connectivity index is 1.97. The molecule has 0 aromatic heterocycles. The highest BCUT2D eigenvalue weighted by atomic mass is 79.9. The molecule has 1 fully saturated rings. The van der Waals surface area contributed by atoms with E-state index in [4.69, 9.17) is 9.88 Å². The lowest BCUT2D eigenvalue weighted by atomic mass is 10.0. The Morgan fingerprint density at radius 3 is 2.67 bits per heavy atom. The predicted octanol–water partition coefficient (Wildman–Crippen LogP) is 0.414. The lowest BCUT2D eigenvalue weighted by Crippen LogP contribution is -2.59. The van der Waals surface area contributed by atoms with Gasteiger partial charge in [0.05, 0.1) is 16.2 Å². The number of nitrogens with two attached hydrogens (primary N) is 1. The summed E-state index contributed by atoms with van der Waals surface area (Å²) < 4.78 is 28.4. The van der Waals surface area contributed by atoms with Crippen molar-refractivity contribution >= 4 is 37.5 Å². The molecule has 0 aliphatic carbocycles. The molecule has 0 unspecified atom stereocenters. The van der Waals surface area contributed by atoms with Gasteiger partial charge >= 0.3 is 0 Å². The minimum atomic E-state index is -3.77. The maximum Gasteiger partial charge on any atom is 0.250 e. The molecular formula is C12H16BrN3O4S. The van der Waals surface area contributed by atoms with Gasteiger partial charge in [-0.25, -0.2) is 13.6 Å². The SMILES string of the molecule is CC1(OCC(=O)Nc2ccc(S(N)(=O)=O)cc2Br)CNC1. The molecule has 7 nitrogen and oxygen atoms in total. The van der Waals surface area contributed by atoms with Crippen molar-refractivity contribution in [3.05, 3.63) is 22.7 Å². The minimum Gasteiger partial charge on any atom is -0.363 e. The lowest BCUT2D eigenvalue weighted by Gasteiger charge is -2.38. The smallest absolute Gasteiger partial charge is 0.250 e. The standard InChI is InChI=1S/C12H16BrN3O4S/c1-12(6-15-7-12)20-5-11(17)16-10-3-2-8(4-9(10)13)21(14,18)19/h2-4,15H,5-7H2,1H3,(H,16,17)(H2,14,18,19). The normalized spacial score (nSPS) is 17.1. The van der Waals surface area contributed by atoms with Gasteiger partial charge in [0.2, 0.25) is 15.9 Å². The summed E-state index contributed by atoms with van der Waals surface area (Å²) in [5.41, 5.74) is 0.152. The van der Waals surface area contributed by atoms with Crippen LogP contribution in [0.15, 0.2) is 27.6 Å². The fraction of sp³-hybridized carbons (Fsp3) is 0.417. The van der Waals surface area contributed by atoms with Crippen LogP contribution in [-0.4, -0.2) is 39.6 Å². The number of amides is 1. The number of sulfonamides is 1. The zero-order valence-corrected chi connectivity index (χ0v) is 13.8. The molecule has 4 N–H and O–H groups in total. The van der Waals surface area contributed by atoms with Crippen LogP contribution < -0.4 is 15.8 Å². The summed E-state index contributed by atoms with van der Waals surface area (Å²) in [6.45, 7) is 3.29. The molecule has 0 radical (unpaired) electrons. The van der Waals surface area contributed by atoms with Gasteiger partial charge in [-0.3, -0.25) is 4.79 Å². The number of nitrogens with one attached hydrogen (secondary N) is 2. The predicted molar refractivity (Wildman–Crippen MR) is 81.4 cm³/mol. The van der Waals surface area contributed by atoms with Gasteiger partial charge in [0.25, 0.3) is 0 Å². The summed E-state index contributed by atoms with van der Waals surface area (Å²) in [5.74, 6) is -0.313. The molecule has 1 aromatic carbocycles. The second kappa shape index (κ2) is 6.01. The first-order valence-electron chi connectivity index (χ1n) is 6.16. The number of rotatable bonds is 5. The Labute approximate surface area is 131 Å². The number of carbonyl (C=O) groups is 1. The van der Waals surface area contributed by atoms with Crippen LogP contribution in [0.4, 0.5) is 5.69 Å². The molecule has 1 aromatic rings. The zero-order chi connectivity index (χ0) is 15.7. The number of halogens is 1. The number of primary sulfonamides is 1. The van der Waals surface area contributed by atoms with Crippen molar-refractivity contribution in [2.45, 2.75) is 17.4 Å². The third kappa shape index (κ3) is 4.24. The van der Waals surface area contributed by atoms with E-state index in [1.54, 1.807) is 0 Å². The van der Waals surface area contributed by atoms with Crippen molar-refractivity contribution < 1.29 is 17.9 Å². The highest BCUT2D eigenvalue weighted by Gasteiger charge is 2.33.